The maximum atomic E-state index is 12.7. The number of hydrogen-bond acceptors (Lipinski definition) is 6. The zero-order valence-electron chi connectivity index (χ0n) is 18.7. The molecule has 0 aliphatic carbocycles. The molecule has 2 amide bonds. The molecular formula is C24H23F2N5O4. The molecule has 0 aliphatic rings. The van der Waals surface area contributed by atoms with Crippen LogP contribution in [0.5, 0.6) is 11.6 Å². The first-order valence-electron chi connectivity index (χ1n) is 10.7. The van der Waals surface area contributed by atoms with E-state index in [9.17, 15) is 18.7 Å². The van der Waals surface area contributed by atoms with Crippen molar-refractivity contribution >= 4 is 17.4 Å². The average molecular weight is 483 g/mol. The van der Waals surface area contributed by atoms with E-state index < -0.39 is 18.7 Å². The van der Waals surface area contributed by atoms with E-state index in [0.717, 1.165) is 5.56 Å². The number of methoxy groups -OCH3 is 1. The lowest BCUT2D eigenvalue weighted by atomic mass is 10.1. The fraction of sp³-hybridized carbons (Fsp3) is 0.208. The van der Waals surface area contributed by atoms with Crippen molar-refractivity contribution in [3.05, 3.63) is 72.6 Å². The van der Waals surface area contributed by atoms with Gasteiger partial charge < -0.3 is 19.9 Å². The normalized spacial score (nSPS) is 11.9. The summed E-state index contributed by atoms with van der Waals surface area (Å²) in [6, 6.07) is 15.1. The monoisotopic (exact) mass is 483 g/mol. The van der Waals surface area contributed by atoms with Crippen LogP contribution in [-0.4, -0.2) is 52.1 Å². The van der Waals surface area contributed by atoms with Crippen molar-refractivity contribution in [3.8, 4) is 22.8 Å². The maximum Gasteiger partial charge on any atom is 0.387 e. The van der Waals surface area contributed by atoms with Crippen LogP contribution in [0.1, 0.15) is 5.56 Å². The number of anilines is 1. The third kappa shape index (κ3) is 6.01. The molecule has 1 aromatic carbocycles. The second-order valence-corrected chi connectivity index (χ2v) is 7.59. The smallest absolute Gasteiger partial charge is 0.387 e. The highest BCUT2D eigenvalue weighted by Crippen LogP contribution is 2.31. The number of ether oxygens (including phenoxy) is 2. The van der Waals surface area contributed by atoms with Crippen molar-refractivity contribution in [2.75, 3.05) is 19.0 Å². The summed E-state index contributed by atoms with van der Waals surface area (Å²) in [5, 5.41) is 19.3. The SMILES string of the molecule is COc1ncc(-c2ccn3nc(NC(=O)N[C@@H](CO)Cc4ccccc4)cc3c2)cc1OC(F)F. The summed E-state index contributed by atoms with van der Waals surface area (Å²) >= 11 is 0. The quantitative estimate of drug-likeness (QED) is 0.335. The van der Waals surface area contributed by atoms with E-state index in [2.05, 4.69) is 25.5 Å². The number of alkyl halides is 2. The molecule has 35 heavy (non-hydrogen) atoms. The molecule has 9 nitrogen and oxygen atoms in total. The lowest BCUT2D eigenvalue weighted by molar-refractivity contribution is -0.0515. The molecule has 0 saturated heterocycles. The Morgan fingerprint density at radius 2 is 1.94 bits per heavy atom. The number of urea groups is 1. The minimum atomic E-state index is -3.02. The number of halogens is 2. The molecule has 0 unspecified atom stereocenters. The predicted octanol–water partition coefficient (Wildman–Crippen LogP) is 3.73. The maximum absolute atomic E-state index is 12.7. The fourth-order valence-corrected chi connectivity index (χ4v) is 3.56. The molecule has 182 valence electrons. The van der Waals surface area contributed by atoms with Crippen LogP contribution in [0.3, 0.4) is 0 Å². The van der Waals surface area contributed by atoms with Gasteiger partial charge in [0, 0.05) is 24.0 Å². The summed E-state index contributed by atoms with van der Waals surface area (Å²) in [6.07, 6.45) is 3.62. The van der Waals surface area contributed by atoms with E-state index in [1.165, 1.54) is 19.4 Å². The number of carbonyl (C=O) groups is 1. The van der Waals surface area contributed by atoms with Crippen molar-refractivity contribution in [3.63, 3.8) is 0 Å². The van der Waals surface area contributed by atoms with Gasteiger partial charge in [-0.3, -0.25) is 5.32 Å². The summed E-state index contributed by atoms with van der Waals surface area (Å²) in [4.78, 5) is 16.5. The van der Waals surface area contributed by atoms with Gasteiger partial charge in [0.05, 0.1) is 25.3 Å². The fourth-order valence-electron chi connectivity index (χ4n) is 3.56. The molecule has 3 heterocycles. The number of amides is 2. The number of carbonyl (C=O) groups excluding carboxylic acids is 1. The zero-order valence-corrected chi connectivity index (χ0v) is 18.7. The van der Waals surface area contributed by atoms with Crippen LogP contribution in [0.25, 0.3) is 16.6 Å². The lowest BCUT2D eigenvalue weighted by Gasteiger charge is -2.16. The molecule has 11 heteroatoms. The van der Waals surface area contributed by atoms with Gasteiger partial charge in [0.25, 0.3) is 5.88 Å². The van der Waals surface area contributed by atoms with Crippen LogP contribution < -0.4 is 20.1 Å². The van der Waals surface area contributed by atoms with Gasteiger partial charge in [-0.2, -0.15) is 8.78 Å². The van der Waals surface area contributed by atoms with E-state index in [4.69, 9.17) is 4.74 Å². The predicted molar refractivity (Wildman–Crippen MR) is 125 cm³/mol. The number of pyridine rings is 2. The summed E-state index contributed by atoms with van der Waals surface area (Å²) in [6.45, 7) is -3.24. The molecule has 3 N–H and O–H groups in total. The van der Waals surface area contributed by atoms with Crippen molar-refractivity contribution in [1.29, 1.82) is 0 Å². The summed E-state index contributed by atoms with van der Waals surface area (Å²) in [5.74, 6) is 0.0670. The third-order valence-corrected chi connectivity index (χ3v) is 5.15. The number of aromatic nitrogens is 3. The largest absolute Gasteiger partial charge is 0.478 e. The Morgan fingerprint density at radius 3 is 2.66 bits per heavy atom. The molecule has 0 aliphatic heterocycles. The zero-order chi connectivity index (χ0) is 24.8. The molecule has 4 aromatic rings. The molecule has 3 aromatic heterocycles. The third-order valence-electron chi connectivity index (χ3n) is 5.15. The van der Waals surface area contributed by atoms with Crippen LogP contribution >= 0.6 is 0 Å². The van der Waals surface area contributed by atoms with Crippen LogP contribution in [-0.2, 0) is 6.42 Å². The second kappa shape index (κ2) is 10.8. The molecule has 0 saturated carbocycles. The highest BCUT2D eigenvalue weighted by molar-refractivity contribution is 5.89. The first-order chi connectivity index (χ1) is 16.9. The topological polar surface area (TPSA) is 110 Å². The van der Waals surface area contributed by atoms with Crippen LogP contribution in [0.15, 0.2) is 67.0 Å². The number of hydrogen-bond donors (Lipinski definition) is 3. The van der Waals surface area contributed by atoms with Crippen LogP contribution in [0.4, 0.5) is 19.4 Å². The summed E-state index contributed by atoms with van der Waals surface area (Å²) < 4.78 is 36.5. The van der Waals surface area contributed by atoms with Gasteiger partial charge in [-0.15, -0.1) is 5.10 Å². The van der Waals surface area contributed by atoms with Gasteiger partial charge in [-0.1, -0.05) is 30.3 Å². The Kier molecular flexibility index (Phi) is 7.36. The Labute approximate surface area is 199 Å². The molecule has 0 radical (unpaired) electrons. The molecular weight excluding hydrogens is 460 g/mol. The van der Waals surface area contributed by atoms with E-state index in [1.54, 1.807) is 28.9 Å². The van der Waals surface area contributed by atoms with E-state index in [1.807, 2.05) is 30.3 Å². The lowest BCUT2D eigenvalue weighted by Crippen LogP contribution is -2.41. The summed E-state index contributed by atoms with van der Waals surface area (Å²) in [5.41, 5.74) is 2.84. The van der Waals surface area contributed by atoms with Crippen molar-refractivity contribution in [2.24, 2.45) is 0 Å². The number of rotatable bonds is 9. The number of nitrogens with zero attached hydrogens (tertiary/aromatic N) is 3. The Bertz CT molecular complexity index is 1300. The van der Waals surface area contributed by atoms with Crippen LogP contribution in [0.2, 0.25) is 0 Å². The number of aliphatic hydroxyl groups excluding tert-OH is 1. The minimum absolute atomic E-state index is 0.0505. The summed E-state index contributed by atoms with van der Waals surface area (Å²) in [7, 11) is 1.31. The van der Waals surface area contributed by atoms with Gasteiger partial charge in [-0.05, 0) is 35.7 Å². The van der Waals surface area contributed by atoms with E-state index in [-0.39, 0.29) is 18.2 Å². The molecule has 0 fully saturated rings. The number of fused-ring (bicyclic) bond motifs is 1. The van der Waals surface area contributed by atoms with Crippen molar-refractivity contribution in [2.45, 2.75) is 19.1 Å². The van der Waals surface area contributed by atoms with E-state index >= 15 is 0 Å². The molecule has 4 rings (SSSR count). The average Bonchev–Trinajstić information content (AvgIpc) is 3.25. The van der Waals surface area contributed by atoms with Gasteiger partial charge in [0.1, 0.15) is 0 Å². The van der Waals surface area contributed by atoms with Crippen molar-refractivity contribution in [1.82, 2.24) is 19.9 Å². The van der Waals surface area contributed by atoms with Gasteiger partial charge in [-0.25, -0.2) is 14.3 Å². The number of benzene rings is 1. The van der Waals surface area contributed by atoms with E-state index in [0.29, 0.717) is 28.9 Å². The van der Waals surface area contributed by atoms with Crippen molar-refractivity contribution < 1.29 is 28.2 Å². The first-order valence-corrected chi connectivity index (χ1v) is 10.7. The minimum Gasteiger partial charge on any atom is -0.478 e. The Balaban J connectivity index is 1.47. The molecule has 0 bridgehead atoms. The Hall–Kier alpha value is -4.25. The van der Waals surface area contributed by atoms with Gasteiger partial charge in [0.2, 0.25) is 0 Å². The van der Waals surface area contributed by atoms with Gasteiger partial charge >= 0.3 is 12.6 Å². The van der Waals surface area contributed by atoms with Crippen LogP contribution in [0, 0.1) is 0 Å². The molecule has 0 spiro atoms. The standard InChI is InChI=1S/C24H23F2N5O4/c1-34-22-20(35-23(25)26)11-17(13-27-22)16-7-8-31-19(10-16)12-21(30-31)29-24(33)28-18(14-32)9-15-5-3-2-4-6-15/h2-8,10-13,18,23,32H,9,14H2,1H3,(H2,28,29,30,33)/t18-/m1/s1. The highest BCUT2D eigenvalue weighted by atomic mass is 19.3. The highest BCUT2D eigenvalue weighted by Gasteiger charge is 2.16. The molecule has 1 atom stereocenters. The van der Waals surface area contributed by atoms with Gasteiger partial charge in [0.15, 0.2) is 11.6 Å². The number of aliphatic hydroxyl groups is 1. The second-order valence-electron chi connectivity index (χ2n) is 7.59. The number of nitrogens with one attached hydrogen (secondary N) is 2. The Morgan fingerprint density at radius 1 is 1.14 bits per heavy atom. The first kappa shape index (κ1) is 23.9.